The Bertz CT molecular complexity index is 453. The summed E-state index contributed by atoms with van der Waals surface area (Å²) in [7, 11) is -0.298. The Labute approximate surface area is 119 Å². The summed E-state index contributed by atoms with van der Waals surface area (Å²) in [6, 6.07) is 0.529. The second-order valence-electron chi connectivity index (χ2n) is 6.36. The molecule has 4 nitrogen and oxygen atoms in total. The molecule has 2 aliphatic heterocycles. The Morgan fingerprint density at radius 3 is 2.58 bits per heavy atom. The third-order valence-corrected chi connectivity index (χ3v) is 5.57. The third-order valence-electron chi connectivity index (χ3n) is 4.43. The van der Waals surface area contributed by atoms with E-state index in [9.17, 15) is 0 Å². The van der Waals surface area contributed by atoms with E-state index in [1.807, 2.05) is 18.0 Å². The fraction of sp³-hybridized carbons (Fsp3) is 0.769. The van der Waals surface area contributed by atoms with Crippen molar-refractivity contribution in [3.63, 3.8) is 0 Å². The first-order valence-electron chi connectivity index (χ1n) is 6.86. The molecule has 3 heterocycles. The number of hydrogen-bond acceptors (Lipinski definition) is 4. The first kappa shape index (κ1) is 13.5. The van der Waals surface area contributed by atoms with Gasteiger partial charge in [-0.2, -0.15) is 16.9 Å². The summed E-state index contributed by atoms with van der Waals surface area (Å²) in [6.45, 7) is 8.30. The molecule has 0 spiro atoms. The van der Waals surface area contributed by atoms with E-state index in [4.69, 9.17) is 9.31 Å². The minimum Gasteiger partial charge on any atom is -0.399 e. The van der Waals surface area contributed by atoms with Gasteiger partial charge in [0.05, 0.1) is 17.2 Å². The van der Waals surface area contributed by atoms with Gasteiger partial charge in [-0.3, -0.25) is 4.68 Å². The van der Waals surface area contributed by atoms with E-state index in [1.54, 1.807) is 0 Å². The lowest BCUT2D eigenvalue weighted by atomic mass is 9.82. The van der Waals surface area contributed by atoms with Gasteiger partial charge < -0.3 is 9.31 Å². The fourth-order valence-corrected chi connectivity index (χ4v) is 3.58. The molecule has 19 heavy (non-hydrogen) atoms. The average molecular weight is 280 g/mol. The van der Waals surface area contributed by atoms with Crippen LogP contribution in [0.4, 0.5) is 0 Å². The van der Waals surface area contributed by atoms with Crippen molar-refractivity contribution in [2.24, 2.45) is 0 Å². The van der Waals surface area contributed by atoms with Crippen LogP contribution in [0.2, 0.25) is 0 Å². The summed E-state index contributed by atoms with van der Waals surface area (Å²) < 4.78 is 14.2. The standard InChI is InChI=1S/C13H21BN2O2S/c1-12(2)13(3,4)18-14(17-12)10-7-15-16(8-10)11-5-6-19-9-11/h7-8,11H,5-6,9H2,1-4H3. The van der Waals surface area contributed by atoms with Gasteiger partial charge >= 0.3 is 7.12 Å². The van der Waals surface area contributed by atoms with Crippen LogP contribution in [0.1, 0.15) is 40.2 Å². The zero-order valence-corrected chi connectivity index (χ0v) is 12.9. The Kier molecular flexibility index (Phi) is 3.23. The highest BCUT2D eigenvalue weighted by Gasteiger charge is 2.52. The summed E-state index contributed by atoms with van der Waals surface area (Å²) in [5, 5.41) is 4.48. The van der Waals surface area contributed by atoms with E-state index < -0.39 is 0 Å². The van der Waals surface area contributed by atoms with Crippen molar-refractivity contribution in [3.8, 4) is 0 Å². The molecule has 0 radical (unpaired) electrons. The molecule has 0 amide bonds. The Morgan fingerprint density at radius 2 is 2.00 bits per heavy atom. The normalized spacial score (nSPS) is 29.1. The molecule has 6 heteroatoms. The molecule has 2 fully saturated rings. The van der Waals surface area contributed by atoms with Crippen molar-refractivity contribution < 1.29 is 9.31 Å². The van der Waals surface area contributed by atoms with Crippen molar-refractivity contribution in [1.29, 1.82) is 0 Å². The van der Waals surface area contributed by atoms with Crippen LogP contribution in [0.25, 0.3) is 0 Å². The molecule has 0 bridgehead atoms. The van der Waals surface area contributed by atoms with Crippen LogP contribution in [0.15, 0.2) is 12.4 Å². The maximum Gasteiger partial charge on any atom is 0.498 e. The molecule has 3 rings (SSSR count). The van der Waals surface area contributed by atoms with Gasteiger partial charge in [0, 0.05) is 23.6 Å². The van der Waals surface area contributed by atoms with Crippen molar-refractivity contribution >= 4 is 24.3 Å². The molecule has 1 aromatic rings. The van der Waals surface area contributed by atoms with Gasteiger partial charge in [-0.25, -0.2) is 0 Å². The van der Waals surface area contributed by atoms with E-state index in [0.29, 0.717) is 6.04 Å². The molecule has 1 unspecified atom stereocenters. The third kappa shape index (κ3) is 2.34. The molecule has 0 aromatic carbocycles. The zero-order valence-electron chi connectivity index (χ0n) is 12.0. The molecule has 2 aliphatic rings. The maximum atomic E-state index is 6.05. The van der Waals surface area contributed by atoms with Crippen molar-refractivity contribution in [1.82, 2.24) is 9.78 Å². The van der Waals surface area contributed by atoms with Crippen LogP contribution in [0.3, 0.4) is 0 Å². The number of rotatable bonds is 2. The predicted octanol–water partition coefficient (Wildman–Crippen LogP) is 1.86. The van der Waals surface area contributed by atoms with E-state index in [0.717, 1.165) is 11.2 Å². The summed E-state index contributed by atoms with van der Waals surface area (Å²) >= 11 is 1.99. The van der Waals surface area contributed by atoms with Gasteiger partial charge in [0.15, 0.2) is 0 Å². The quantitative estimate of drug-likeness (QED) is 0.775. The second kappa shape index (κ2) is 4.53. The van der Waals surface area contributed by atoms with Gasteiger partial charge in [0.1, 0.15) is 0 Å². The van der Waals surface area contributed by atoms with E-state index >= 15 is 0 Å². The molecule has 1 aromatic heterocycles. The van der Waals surface area contributed by atoms with Crippen LogP contribution >= 0.6 is 11.8 Å². The molecule has 0 N–H and O–H groups in total. The van der Waals surface area contributed by atoms with Gasteiger partial charge in [-0.1, -0.05) is 0 Å². The average Bonchev–Trinajstić information content (AvgIpc) is 3.00. The van der Waals surface area contributed by atoms with E-state index in [1.165, 1.54) is 12.2 Å². The van der Waals surface area contributed by atoms with Gasteiger partial charge in [-0.05, 0) is 39.9 Å². The molecular weight excluding hydrogens is 259 g/mol. The van der Waals surface area contributed by atoms with Crippen LogP contribution in [0, 0.1) is 0 Å². The maximum absolute atomic E-state index is 6.05. The highest BCUT2D eigenvalue weighted by atomic mass is 32.2. The zero-order chi connectivity index (χ0) is 13.7. The Hall–Kier alpha value is -0.455. The van der Waals surface area contributed by atoms with Crippen molar-refractivity contribution in [2.75, 3.05) is 11.5 Å². The molecule has 2 saturated heterocycles. The predicted molar refractivity (Wildman–Crippen MR) is 78.9 cm³/mol. The van der Waals surface area contributed by atoms with Gasteiger partial charge in [0.2, 0.25) is 0 Å². The smallest absolute Gasteiger partial charge is 0.399 e. The van der Waals surface area contributed by atoms with E-state index in [2.05, 4.69) is 43.7 Å². The van der Waals surface area contributed by atoms with Gasteiger partial charge in [0.25, 0.3) is 0 Å². The summed E-state index contributed by atoms with van der Waals surface area (Å²) in [6.07, 6.45) is 5.17. The largest absolute Gasteiger partial charge is 0.498 e. The molecule has 0 saturated carbocycles. The summed E-state index contributed by atoms with van der Waals surface area (Å²) in [5.41, 5.74) is 0.446. The topological polar surface area (TPSA) is 36.3 Å². The second-order valence-corrected chi connectivity index (χ2v) is 7.51. The Balaban J connectivity index is 1.77. The first-order chi connectivity index (χ1) is 8.89. The van der Waals surface area contributed by atoms with Crippen molar-refractivity contribution in [3.05, 3.63) is 12.4 Å². The van der Waals surface area contributed by atoms with Crippen molar-refractivity contribution in [2.45, 2.75) is 51.4 Å². The number of thioether (sulfide) groups is 1. The molecule has 1 atom stereocenters. The summed E-state index contributed by atoms with van der Waals surface area (Å²) in [5.74, 6) is 2.39. The molecular formula is C13H21BN2O2S. The Morgan fingerprint density at radius 1 is 1.32 bits per heavy atom. The minimum absolute atomic E-state index is 0.289. The summed E-state index contributed by atoms with van der Waals surface area (Å²) in [4.78, 5) is 0. The monoisotopic (exact) mass is 280 g/mol. The first-order valence-corrected chi connectivity index (χ1v) is 8.02. The number of aromatic nitrogens is 2. The highest BCUT2D eigenvalue weighted by molar-refractivity contribution is 7.99. The fourth-order valence-electron chi connectivity index (χ4n) is 2.38. The molecule has 104 valence electrons. The minimum atomic E-state index is -0.298. The van der Waals surface area contributed by atoms with E-state index in [-0.39, 0.29) is 18.3 Å². The van der Waals surface area contributed by atoms with Crippen LogP contribution in [-0.2, 0) is 9.31 Å². The van der Waals surface area contributed by atoms with Crippen LogP contribution in [-0.4, -0.2) is 39.6 Å². The molecule has 0 aliphatic carbocycles. The lowest BCUT2D eigenvalue weighted by Crippen LogP contribution is -2.41. The van der Waals surface area contributed by atoms with Crippen LogP contribution < -0.4 is 5.46 Å². The van der Waals surface area contributed by atoms with Gasteiger partial charge in [-0.15, -0.1) is 0 Å². The lowest BCUT2D eigenvalue weighted by Gasteiger charge is -2.32. The SMILES string of the molecule is CC1(C)OB(c2cnn(C3CCSC3)c2)OC1(C)C. The highest BCUT2D eigenvalue weighted by Crippen LogP contribution is 2.36. The van der Waals surface area contributed by atoms with Crippen LogP contribution in [0.5, 0.6) is 0 Å². The lowest BCUT2D eigenvalue weighted by molar-refractivity contribution is 0.00578. The number of hydrogen-bond donors (Lipinski definition) is 0. The number of nitrogens with zero attached hydrogens (tertiary/aromatic N) is 2.